The van der Waals surface area contributed by atoms with Crippen LogP contribution in [0.15, 0.2) is 36.5 Å². The third kappa shape index (κ3) is 8.54. The molecule has 0 spiro atoms. The highest BCUT2D eigenvalue weighted by Crippen LogP contribution is 2.30. The molecule has 1 aromatic heterocycles. The zero-order valence-electron chi connectivity index (χ0n) is 20.5. The minimum absolute atomic E-state index is 0.0754. The van der Waals surface area contributed by atoms with Crippen LogP contribution in [0.4, 0.5) is 13.2 Å². The van der Waals surface area contributed by atoms with Crippen LogP contribution in [0, 0.1) is 5.92 Å². The highest BCUT2D eigenvalue weighted by molar-refractivity contribution is 5.98. The number of halogens is 3. The van der Waals surface area contributed by atoms with Gasteiger partial charge in [0, 0.05) is 19.2 Å². The lowest BCUT2D eigenvalue weighted by Crippen LogP contribution is -2.33. The van der Waals surface area contributed by atoms with Gasteiger partial charge in [-0.15, -0.1) is 0 Å². The summed E-state index contributed by atoms with van der Waals surface area (Å²) in [4.78, 5) is 40.1. The van der Waals surface area contributed by atoms with E-state index in [0.29, 0.717) is 12.8 Å². The van der Waals surface area contributed by atoms with Crippen LogP contribution in [0.25, 0.3) is 0 Å². The van der Waals surface area contributed by atoms with E-state index in [0.717, 1.165) is 31.0 Å². The lowest BCUT2D eigenvalue weighted by atomic mass is 9.91. The van der Waals surface area contributed by atoms with Crippen LogP contribution in [-0.2, 0) is 26.9 Å². The lowest BCUT2D eigenvalue weighted by Gasteiger charge is -2.20. The molecular weight excluding hydrogens is 481 g/mol. The number of carbonyl (C=O) groups excluding carboxylic acids is 3. The molecule has 2 rings (SSSR count). The average Bonchev–Trinajstić information content (AvgIpc) is 2.81. The van der Waals surface area contributed by atoms with Gasteiger partial charge in [-0.1, -0.05) is 25.5 Å². The van der Waals surface area contributed by atoms with E-state index < -0.39 is 42.2 Å². The molecule has 2 unspecified atom stereocenters. The van der Waals surface area contributed by atoms with Gasteiger partial charge in [0.15, 0.2) is 11.4 Å². The molecular formula is C25H29F3N2O6. The monoisotopic (exact) mass is 510 g/mol. The number of pyridine rings is 1. The molecule has 0 fully saturated rings. The lowest BCUT2D eigenvalue weighted by molar-refractivity contribution is -0.147. The molecule has 0 bridgehead atoms. The Morgan fingerprint density at radius 3 is 2.33 bits per heavy atom. The van der Waals surface area contributed by atoms with Crippen LogP contribution in [-0.4, -0.2) is 42.6 Å². The van der Waals surface area contributed by atoms with Crippen molar-refractivity contribution in [3.05, 3.63) is 53.3 Å². The van der Waals surface area contributed by atoms with Crippen LogP contribution >= 0.6 is 0 Å². The Hall–Kier alpha value is -3.63. The Kier molecular flexibility index (Phi) is 10.2. The average molecular weight is 511 g/mol. The van der Waals surface area contributed by atoms with Crippen molar-refractivity contribution in [1.29, 1.82) is 0 Å². The van der Waals surface area contributed by atoms with Gasteiger partial charge in [0.25, 0.3) is 5.91 Å². The number of alkyl halides is 3. The van der Waals surface area contributed by atoms with E-state index in [1.54, 1.807) is 6.92 Å². The topological polar surface area (TPSA) is 104 Å². The molecule has 1 N–H and O–H groups in total. The first kappa shape index (κ1) is 28.6. The molecule has 11 heteroatoms. The number of hydrogen-bond donors (Lipinski definition) is 1. The molecule has 1 heterocycles. The molecule has 0 aliphatic carbocycles. The van der Waals surface area contributed by atoms with Gasteiger partial charge in [-0.2, -0.15) is 13.2 Å². The zero-order chi connectivity index (χ0) is 26.9. The van der Waals surface area contributed by atoms with E-state index >= 15 is 0 Å². The summed E-state index contributed by atoms with van der Waals surface area (Å²) < 4.78 is 53.7. The molecule has 0 saturated carbocycles. The van der Waals surface area contributed by atoms with Crippen molar-refractivity contribution in [2.45, 2.75) is 52.3 Å². The summed E-state index contributed by atoms with van der Waals surface area (Å²) in [6, 6.07) is 6.43. The highest BCUT2D eigenvalue weighted by Gasteiger charge is 2.30. The summed E-state index contributed by atoms with van der Waals surface area (Å²) in [6.07, 6.45) is -1.81. The van der Waals surface area contributed by atoms with E-state index in [9.17, 15) is 27.6 Å². The first-order valence-corrected chi connectivity index (χ1v) is 11.3. The van der Waals surface area contributed by atoms with Gasteiger partial charge in [-0.25, -0.2) is 4.98 Å². The first-order chi connectivity index (χ1) is 16.9. The third-order valence-corrected chi connectivity index (χ3v) is 5.32. The van der Waals surface area contributed by atoms with Crippen LogP contribution < -0.4 is 14.8 Å². The summed E-state index contributed by atoms with van der Waals surface area (Å²) in [5, 5.41) is 2.38. The zero-order valence-corrected chi connectivity index (χ0v) is 20.5. The highest BCUT2D eigenvalue weighted by atomic mass is 19.4. The van der Waals surface area contributed by atoms with Gasteiger partial charge in [0.1, 0.15) is 6.54 Å². The number of esters is 2. The minimum atomic E-state index is -4.38. The predicted octanol–water partition coefficient (Wildman–Crippen LogP) is 4.35. The largest absolute Gasteiger partial charge is 0.493 e. The van der Waals surface area contributed by atoms with Crippen LogP contribution in [0.1, 0.15) is 55.2 Å². The van der Waals surface area contributed by atoms with E-state index in [-0.39, 0.29) is 23.1 Å². The van der Waals surface area contributed by atoms with Crippen molar-refractivity contribution in [3.63, 3.8) is 0 Å². The standard InChI is InChI=1S/C25H29F3N2O6/c1-5-17(13-18-6-8-19(9-7-18)25(26,27)28)12-15(2)35-21(32)14-30-24(33)22-23(36-16(3)31)20(34-4)10-11-29-22/h6-11,15,17H,5,12-14H2,1-4H3,(H,30,33). The number of benzene rings is 1. The molecule has 0 aliphatic rings. The molecule has 0 aliphatic heterocycles. The number of rotatable bonds is 11. The number of carbonyl (C=O) groups is 3. The van der Waals surface area contributed by atoms with Crippen molar-refractivity contribution in [3.8, 4) is 11.5 Å². The van der Waals surface area contributed by atoms with Gasteiger partial charge in [0.05, 0.1) is 18.8 Å². The number of methoxy groups -OCH3 is 1. The third-order valence-electron chi connectivity index (χ3n) is 5.32. The van der Waals surface area contributed by atoms with Gasteiger partial charge < -0.3 is 19.5 Å². The number of hydrogen-bond acceptors (Lipinski definition) is 7. The second kappa shape index (κ2) is 12.9. The van der Waals surface area contributed by atoms with Gasteiger partial charge in [0.2, 0.25) is 5.75 Å². The minimum Gasteiger partial charge on any atom is -0.493 e. The fraction of sp³-hybridized carbons (Fsp3) is 0.440. The quantitative estimate of drug-likeness (QED) is 0.448. The molecule has 1 amide bonds. The molecule has 2 aromatic rings. The smallest absolute Gasteiger partial charge is 0.416 e. The first-order valence-electron chi connectivity index (χ1n) is 11.3. The van der Waals surface area contributed by atoms with Crippen molar-refractivity contribution in [2.24, 2.45) is 5.92 Å². The van der Waals surface area contributed by atoms with E-state index in [4.69, 9.17) is 14.2 Å². The number of aromatic nitrogens is 1. The number of ether oxygens (including phenoxy) is 3. The Bertz CT molecular complexity index is 1060. The summed E-state index contributed by atoms with van der Waals surface area (Å²) in [5.74, 6) is -2.08. The molecule has 8 nitrogen and oxygen atoms in total. The maximum Gasteiger partial charge on any atom is 0.416 e. The van der Waals surface area contributed by atoms with Crippen molar-refractivity contribution in [2.75, 3.05) is 13.7 Å². The summed E-state index contributed by atoms with van der Waals surface area (Å²) >= 11 is 0. The molecule has 1 aromatic carbocycles. The summed E-state index contributed by atoms with van der Waals surface area (Å²) in [7, 11) is 1.34. The Morgan fingerprint density at radius 1 is 1.11 bits per heavy atom. The SMILES string of the molecule is CCC(Cc1ccc(C(F)(F)F)cc1)CC(C)OC(=O)CNC(=O)c1nccc(OC)c1OC(C)=O. The summed E-state index contributed by atoms with van der Waals surface area (Å²) in [6.45, 7) is 4.37. The van der Waals surface area contributed by atoms with Crippen molar-refractivity contribution in [1.82, 2.24) is 10.3 Å². The second-order valence-corrected chi connectivity index (χ2v) is 8.18. The van der Waals surface area contributed by atoms with E-state index in [1.165, 1.54) is 31.5 Å². The molecule has 0 radical (unpaired) electrons. The normalized spacial score (nSPS) is 12.9. The van der Waals surface area contributed by atoms with Gasteiger partial charge in [-0.05, 0) is 43.4 Å². The predicted molar refractivity (Wildman–Crippen MR) is 124 cm³/mol. The van der Waals surface area contributed by atoms with Gasteiger partial charge in [-0.3, -0.25) is 14.4 Å². The Balaban J connectivity index is 1.90. The molecule has 196 valence electrons. The van der Waals surface area contributed by atoms with E-state index in [2.05, 4.69) is 10.3 Å². The fourth-order valence-corrected chi connectivity index (χ4v) is 3.57. The van der Waals surface area contributed by atoms with E-state index in [1.807, 2.05) is 6.92 Å². The second-order valence-electron chi connectivity index (χ2n) is 8.18. The Morgan fingerprint density at radius 2 is 1.78 bits per heavy atom. The van der Waals surface area contributed by atoms with Crippen LogP contribution in [0.5, 0.6) is 11.5 Å². The fourth-order valence-electron chi connectivity index (χ4n) is 3.57. The molecule has 36 heavy (non-hydrogen) atoms. The van der Waals surface area contributed by atoms with Crippen LogP contribution in [0.2, 0.25) is 0 Å². The number of amides is 1. The maximum atomic E-state index is 12.8. The summed E-state index contributed by atoms with van der Waals surface area (Å²) in [5.41, 5.74) is -0.171. The molecule has 0 saturated heterocycles. The number of nitrogens with zero attached hydrogens (tertiary/aromatic N) is 1. The van der Waals surface area contributed by atoms with Crippen molar-refractivity contribution >= 4 is 17.8 Å². The Labute approximate surface area is 207 Å². The van der Waals surface area contributed by atoms with Gasteiger partial charge >= 0.3 is 18.1 Å². The molecule has 2 atom stereocenters. The van der Waals surface area contributed by atoms with Crippen LogP contribution in [0.3, 0.4) is 0 Å². The maximum absolute atomic E-state index is 12.8. The van der Waals surface area contributed by atoms with Crippen molar-refractivity contribution < 1.29 is 41.8 Å². The number of nitrogens with one attached hydrogen (secondary N) is 1.